The first-order chi connectivity index (χ1) is 15.7. The fraction of sp³-hybridized carbons (Fsp3) is 0.920. The lowest BCUT2D eigenvalue weighted by Gasteiger charge is -2.39. The van der Waals surface area contributed by atoms with Crippen LogP contribution >= 0.6 is 0 Å². The van der Waals surface area contributed by atoms with E-state index < -0.39 is 48.8 Å². The fourth-order valence-electron chi connectivity index (χ4n) is 2.72. The molecule has 1 fully saturated rings. The van der Waals surface area contributed by atoms with Crippen LogP contribution in [0.4, 0.5) is 0 Å². The van der Waals surface area contributed by atoms with Gasteiger partial charge < -0.3 is 35.8 Å². The highest BCUT2D eigenvalue weighted by molar-refractivity contribution is 5.89. The monoisotopic (exact) mass is 494 g/mol. The maximum atomic E-state index is 12.7. The van der Waals surface area contributed by atoms with E-state index in [2.05, 4.69) is 19.2 Å². The van der Waals surface area contributed by atoms with Gasteiger partial charge in [0.2, 0.25) is 0 Å². The molecule has 1 rings (SSSR count). The minimum absolute atomic E-state index is 0.0267. The average molecular weight is 495 g/mol. The van der Waals surface area contributed by atoms with Crippen LogP contribution in [0.1, 0.15) is 89.0 Å². The van der Waals surface area contributed by atoms with Crippen LogP contribution in [0.2, 0.25) is 0 Å². The Morgan fingerprint density at radius 1 is 1.15 bits per heavy atom. The van der Waals surface area contributed by atoms with Crippen LogP contribution in [0.15, 0.2) is 0 Å². The van der Waals surface area contributed by atoms with Crippen molar-refractivity contribution in [2.24, 2.45) is 11.1 Å². The Morgan fingerprint density at radius 2 is 1.59 bits per heavy atom. The van der Waals surface area contributed by atoms with Gasteiger partial charge in [-0.3, -0.25) is 9.59 Å². The zero-order valence-corrected chi connectivity index (χ0v) is 23.4. The summed E-state index contributed by atoms with van der Waals surface area (Å²) in [4.78, 5) is 22.4. The standard InChI is InChI=1S/C17H33NO6.C3H7NO.C3H8.C2H6/c1-9(2)18-14(16(22)17(4,5)6)10(3)23-13-7-11(20)15(21)12(8-19)24-13;1-3(5)2-4;1-3-2;1-2/h9-15,18-21H,7-8H2,1-6H3;2,4H2,1H3;3H2,1-2H3;1-2H3. The van der Waals surface area contributed by atoms with Crippen molar-refractivity contribution in [2.75, 3.05) is 13.2 Å². The molecule has 0 spiro atoms. The lowest BCUT2D eigenvalue weighted by atomic mass is 9.84. The third-order valence-electron chi connectivity index (χ3n) is 4.37. The van der Waals surface area contributed by atoms with E-state index in [9.17, 15) is 24.9 Å². The van der Waals surface area contributed by atoms with Crippen LogP contribution < -0.4 is 11.1 Å². The second-order valence-electron chi connectivity index (χ2n) is 9.45. The predicted molar refractivity (Wildman–Crippen MR) is 136 cm³/mol. The van der Waals surface area contributed by atoms with Crippen molar-refractivity contribution in [3.8, 4) is 0 Å². The molecule has 1 aliphatic heterocycles. The maximum absolute atomic E-state index is 12.7. The van der Waals surface area contributed by atoms with Crippen molar-refractivity contribution < 1.29 is 34.4 Å². The SMILES string of the molecule is CC.CC(=O)CN.CC(C)NC(C(=O)C(C)(C)C)C(C)OC1CC(O)C(O)C(CO)O1.CCC. The number of rotatable bonds is 8. The summed E-state index contributed by atoms with van der Waals surface area (Å²) in [5.41, 5.74) is 4.29. The van der Waals surface area contributed by atoms with Crippen molar-refractivity contribution in [2.45, 2.75) is 132 Å². The Balaban J connectivity index is -0.000000816. The smallest absolute Gasteiger partial charge is 0.161 e. The molecule has 0 aromatic heterocycles. The number of ether oxygens (including phenoxy) is 2. The largest absolute Gasteiger partial charge is 0.394 e. The van der Waals surface area contributed by atoms with Crippen molar-refractivity contribution in [1.29, 1.82) is 0 Å². The van der Waals surface area contributed by atoms with Crippen molar-refractivity contribution >= 4 is 11.6 Å². The number of hydrogen-bond donors (Lipinski definition) is 5. The number of carbonyl (C=O) groups excluding carboxylic acids is 2. The Labute approximate surface area is 207 Å². The van der Waals surface area contributed by atoms with Crippen molar-refractivity contribution in [1.82, 2.24) is 5.32 Å². The molecule has 1 aliphatic rings. The van der Waals surface area contributed by atoms with Crippen molar-refractivity contribution in [3.63, 3.8) is 0 Å². The molecule has 1 heterocycles. The highest BCUT2D eigenvalue weighted by Gasteiger charge is 2.40. The molecule has 0 aliphatic carbocycles. The molecule has 0 saturated carbocycles. The summed E-state index contributed by atoms with van der Waals surface area (Å²) in [7, 11) is 0. The number of ketones is 2. The van der Waals surface area contributed by atoms with Gasteiger partial charge in [-0.2, -0.15) is 0 Å². The average Bonchev–Trinajstić information content (AvgIpc) is 2.75. The number of nitrogens with two attached hydrogens (primary N) is 1. The zero-order valence-electron chi connectivity index (χ0n) is 23.4. The third-order valence-corrected chi connectivity index (χ3v) is 4.37. The molecule has 34 heavy (non-hydrogen) atoms. The highest BCUT2D eigenvalue weighted by Crippen LogP contribution is 2.25. The van der Waals surface area contributed by atoms with Gasteiger partial charge in [-0.1, -0.05) is 68.7 Å². The third kappa shape index (κ3) is 16.6. The van der Waals surface area contributed by atoms with Gasteiger partial charge in [0.1, 0.15) is 18.0 Å². The molecule has 6 atom stereocenters. The molecule has 0 aromatic carbocycles. The van der Waals surface area contributed by atoms with E-state index in [0.717, 1.165) is 0 Å². The molecule has 206 valence electrons. The minimum atomic E-state index is -1.15. The first-order valence-corrected chi connectivity index (χ1v) is 12.4. The van der Waals surface area contributed by atoms with E-state index in [0.29, 0.717) is 0 Å². The van der Waals surface area contributed by atoms with Gasteiger partial charge in [-0.15, -0.1) is 0 Å². The van der Waals surface area contributed by atoms with Gasteiger partial charge in [-0.05, 0) is 13.8 Å². The van der Waals surface area contributed by atoms with Gasteiger partial charge in [0, 0.05) is 17.9 Å². The minimum Gasteiger partial charge on any atom is -0.394 e. The molecule has 6 unspecified atom stereocenters. The van der Waals surface area contributed by atoms with Crippen molar-refractivity contribution in [3.05, 3.63) is 0 Å². The van der Waals surface area contributed by atoms with E-state index in [4.69, 9.17) is 15.2 Å². The maximum Gasteiger partial charge on any atom is 0.161 e. The fourth-order valence-corrected chi connectivity index (χ4v) is 2.72. The van der Waals surface area contributed by atoms with Gasteiger partial charge >= 0.3 is 0 Å². The van der Waals surface area contributed by atoms with Gasteiger partial charge in [0.25, 0.3) is 0 Å². The zero-order chi connectivity index (χ0) is 27.6. The lowest BCUT2D eigenvalue weighted by Crippen LogP contribution is -2.55. The van der Waals surface area contributed by atoms with Gasteiger partial charge in [0.15, 0.2) is 12.1 Å². The topological polar surface area (TPSA) is 151 Å². The number of aliphatic hydroxyl groups excluding tert-OH is 3. The van der Waals surface area contributed by atoms with Crippen LogP contribution in [0.3, 0.4) is 0 Å². The highest BCUT2D eigenvalue weighted by atomic mass is 16.7. The van der Waals surface area contributed by atoms with E-state index in [1.54, 1.807) is 6.92 Å². The van der Waals surface area contributed by atoms with Gasteiger partial charge in [0.05, 0.1) is 31.4 Å². The van der Waals surface area contributed by atoms with E-state index in [1.807, 2.05) is 48.5 Å². The van der Waals surface area contributed by atoms with E-state index in [1.165, 1.54) is 13.3 Å². The van der Waals surface area contributed by atoms with Crippen LogP contribution in [0, 0.1) is 5.41 Å². The number of aliphatic hydroxyl groups is 3. The summed E-state index contributed by atoms with van der Waals surface area (Å²) in [6, 6.07) is -0.428. The molecule has 0 bridgehead atoms. The summed E-state index contributed by atoms with van der Waals surface area (Å²) >= 11 is 0. The number of nitrogens with one attached hydrogen (secondary N) is 1. The summed E-state index contributed by atoms with van der Waals surface area (Å²) in [5, 5.41) is 32.1. The quantitative estimate of drug-likeness (QED) is 0.342. The summed E-state index contributed by atoms with van der Waals surface area (Å²) in [5.74, 6) is 0.0591. The summed E-state index contributed by atoms with van der Waals surface area (Å²) in [6.07, 6.45) is -3.04. The number of carbonyl (C=O) groups is 2. The lowest BCUT2D eigenvalue weighted by molar-refractivity contribution is -0.269. The second kappa shape index (κ2) is 20.3. The first-order valence-electron chi connectivity index (χ1n) is 12.4. The first kappa shape index (κ1) is 37.6. The summed E-state index contributed by atoms with van der Waals surface area (Å²) < 4.78 is 11.3. The molecule has 9 nitrogen and oxygen atoms in total. The molecular weight excluding hydrogens is 440 g/mol. The normalized spacial score (nSPS) is 23.8. The number of Topliss-reactive ketones (excluding diaryl/α,β-unsaturated/α-hetero) is 2. The Hall–Kier alpha value is -0.940. The molecule has 6 N–H and O–H groups in total. The summed E-state index contributed by atoms with van der Waals surface area (Å²) in [6.45, 7) is 20.7. The van der Waals surface area contributed by atoms with Crippen LogP contribution in [-0.4, -0.2) is 82.8 Å². The Morgan fingerprint density at radius 3 is 1.91 bits per heavy atom. The van der Waals surface area contributed by atoms with E-state index in [-0.39, 0.29) is 30.6 Å². The molecule has 1 saturated heterocycles. The molecule has 0 radical (unpaired) electrons. The molecular formula is C25H54N2O7. The van der Waals surface area contributed by atoms with Crippen LogP contribution in [0.25, 0.3) is 0 Å². The molecule has 9 heteroatoms. The van der Waals surface area contributed by atoms with E-state index >= 15 is 0 Å². The van der Waals surface area contributed by atoms with Crippen LogP contribution in [-0.2, 0) is 19.1 Å². The Kier molecular flexibility index (Phi) is 22.4. The molecule has 0 aromatic rings. The van der Waals surface area contributed by atoms with Crippen LogP contribution in [0.5, 0.6) is 0 Å². The second-order valence-corrected chi connectivity index (χ2v) is 9.45. The Bertz CT molecular complexity index is 524. The van der Waals surface area contributed by atoms with Gasteiger partial charge in [-0.25, -0.2) is 0 Å². The predicted octanol–water partition coefficient (Wildman–Crippen LogP) is 2.18. The number of hydrogen-bond acceptors (Lipinski definition) is 9. The molecule has 0 amide bonds.